The first-order valence-electron chi connectivity index (χ1n) is 10.3. The fraction of sp³-hybridized carbons (Fsp3) is 0.304. The van der Waals surface area contributed by atoms with Crippen LogP contribution < -0.4 is 15.8 Å². The van der Waals surface area contributed by atoms with Gasteiger partial charge in [0.05, 0.1) is 37.5 Å². The summed E-state index contributed by atoms with van der Waals surface area (Å²) in [5.74, 6) is 0.566. The van der Waals surface area contributed by atoms with Crippen LogP contribution >= 0.6 is 0 Å². The fourth-order valence-electron chi connectivity index (χ4n) is 3.94. The average molecular weight is 404 g/mol. The van der Waals surface area contributed by atoms with Gasteiger partial charge in [-0.1, -0.05) is 6.08 Å². The lowest BCUT2D eigenvalue weighted by atomic mass is 10.0. The minimum atomic E-state index is -0.153. The van der Waals surface area contributed by atoms with Gasteiger partial charge in [-0.2, -0.15) is 0 Å². The van der Waals surface area contributed by atoms with E-state index in [1.165, 1.54) is 5.69 Å². The van der Waals surface area contributed by atoms with Crippen molar-refractivity contribution >= 4 is 33.5 Å². The van der Waals surface area contributed by atoms with E-state index in [2.05, 4.69) is 33.4 Å². The highest BCUT2D eigenvalue weighted by molar-refractivity contribution is 5.94. The van der Waals surface area contributed by atoms with Crippen molar-refractivity contribution in [2.24, 2.45) is 0 Å². The van der Waals surface area contributed by atoms with Crippen molar-refractivity contribution in [3.8, 4) is 0 Å². The summed E-state index contributed by atoms with van der Waals surface area (Å²) in [6.45, 7) is 4.59. The van der Waals surface area contributed by atoms with E-state index in [1.54, 1.807) is 6.20 Å². The third-order valence-electron chi connectivity index (χ3n) is 5.55. The smallest absolute Gasteiger partial charge is 0.259 e. The number of nitrogens with one attached hydrogen (secondary N) is 2. The van der Waals surface area contributed by atoms with Gasteiger partial charge in [-0.3, -0.25) is 4.79 Å². The summed E-state index contributed by atoms with van der Waals surface area (Å²) in [4.78, 5) is 22.4. The van der Waals surface area contributed by atoms with E-state index < -0.39 is 0 Å². The monoisotopic (exact) mass is 404 g/mol. The Morgan fingerprint density at radius 1 is 1.03 bits per heavy atom. The molecule has 0 radical (unpaired) electrons. The molecule has 154 valence electrons. The number of rotatable bonds is 4. The fourth-order valence-corrected chi connectivity index (χ4v) is 3.94. The van der Waals surface area contributed by atoms with Crippen LogP contribution in [0.1, 0.15) is 12.1 Å². The molecule has 0 atom stereocenters. The van der Waals surface area contributed by atoms with Gasteiger partial charge in [0.25, 0.3) is 5.56 Å². The van der Waals surface area contributed by atoms with Crippen LogP contribution in [0.5, 0.6) is 0 Å². The van der Waals surface area contributed by atoms with Gasteiger partial charge in [0.2, 0.25) is 0 Å². The third kappa shape index (κ3) is 3.81. The van der Waals surface area contributed by atoms with Crippen LogP contribution in [0.4, 0.5) is 17.2 Å². The number of aromatic nitrogens is 2. The van der Waals surface area contributed by atoms with Crippen molar-refractivity contribution < 1.29 is 9.47 Å². The van der Waals surface area contributed by atoms with Gasteiger partial charge in [0.1, 0.15) is 5.82 Å². The van der Waals surface area contributed by atoms with Crippen LogP contribution in [0, 0.1) is 0 Å². The van der Waals surface area contributed by atoms with Crippen molar-refractivity contribution in [1.82, 2.24) is 9.97 Å². The van der Waals surface area contributed by atoms with Crippen LogP contribution in [0.15, 0.2) is 53.5 Å². The Hall–Kier alpha value is -3.16. The maximum absolute atomic E-state index is 12.5. The predicted octanol–water partition coefficient (Wildman–Crippen LogP) is 3.31. The highest BCUT2D eigenvalue weighted by Crippen LogP contribution is 2.28. The molecule has 0 spiro atoms. The summed E-state index contributed by atoms with van der Waals surface area (Å²) in [6, 6.07) is 12.1. The molecule has 7 heteroatoms. The highest BCUT2D eigenvalue weighted by atomic mass is 16.5. The second kappa shape index (κ2) is 8.30. The van der Waals surface area contributed by atoms with Gasteiger partial charge < -0.3 is 24.7 Å². The number of ether oxygens (including phenoxy) is 2. The molecule has 2 aliphatic heterocycles. The second-order valence-corrected chi connectivity index (χ2v) is 7.45. The van der Waals surface area contributed by atoms with Crippen molar-refractivity contribution in [1.29, 1.82) is 0 Å². The van der Waals surface area contributed by atoms with Crippen molar-refractivity contribution in [3.05, 3.63) is 64.7 Å². The standard InChI is InChI=1S/C23H24N4O3/c28-23-21-17(5-8-24-23)15-20(16-6-11-29-12-7-16)26-22(21)25-18-1-3-19(4-2-18)27-9-13-30-14-10-27/h1-6,8,15H,7,9-14H2,(H,24,28)(H,25,26). The zero-order valence-corrected chi connectivity index (χ0v) is 16.7. The van der Waals surface area contributed by atoms with Crippen LogP contribution in [-0.2, 0) is 9.47 Å². The molecule has 0 unspecified atom stereocenters. The first-order chi connectivity index (χ1) is 14.8. The lowest BCUT2D eigenvalue weighted by Crippen LogP contribution is -2.36. The summed E-state index contributed by atoms with van der Waals surface area (Å²) in [5, 5.41) is 4.79. The molecule has 1 saturated heterocycles. The summed E-state index contributed by atoms with van der Waals surface area (Å²) >= 11 is 0. The Kier molecular flexibility index (Phi) is 5.21. The molecule has 4 heterocycles. The normalized spacial score (nSPS) is 17.1. The topological polar surface area (TPSA) is 79.5 Å². The van der Waals surface area contributed by atoms with E-state index in [0.29, 0.717) is 24.4 Å². The number of nitrogens with zero attached hydrogens (tertiary/aromatic N) is 2. The maximum atomic E-state index is 12.5. The molecular weight excluding hydrogens is 380 g/mol. The van der Waals surface area contributed by atoms with E-state index in [1.807, 2.05) is 24.3 Å². The number of morpholine rings is 1. The zero-order chi connectivity index (χ0) is 20.3. The molecule has 0 aliphatic carbocycles. The highest BCUT2D eigenvalue weighted by Gasteiger charge is 2.15. The Morgan fingerprint density at radius 2 is 1.87 bits per heavy atom. The van der Waals surface area contributed by atoms with Gasteiger partial charge in [0.15, 0.2) is 0 Å². The summed E-state index contributed by atoms with van der Waals surface area (Å²) in [7, 11) is 0. The number of anilines is 3. The molecule has 5 rings (SSSR count). The maximum Gasteiger partial charge on any atom is 0.259 e. The minimum absolute atomic E-state index is 0.153. The van der Waals surface area contributed by atoms with Crippen molar-refractivity contribution in [3.63, 3.8) is 0 Å². The van der Waals surface area contributed by atoms with Gasteiger partial charge in [-0.25, -0.2) is 4.98 Å². The molecule has 1 aromatic carbocycles. The summed E-state index contributed by atoms with van der Waals surface area (Å²) in [5.41, 5.74) is 3.93. The Labute approximate surface area is 174 Å². The molecule has 7 nitrogen and oxygen atoms in total. The SMILES string of the molecule is O=c1[nH]ccc2cc(C3=CCOCC3)nc(Nc3ccc(N4CCOCC4)cc3)c12. The Morgan fingerprint density at radius 3 is 2.63 bits per heavy atom. The van der Waals surface area contributed by atoms with E-state index in [4.69, 9.17) is 14.5 Å². The first-order valence-corrected chi connectivity index (χ1v) is 10.3. The van der Waals surface area contributed by atoms with Crippen molar-refractivity contribution in [2.75, 3.05) is 49.7 Å². The third-order valence-corrected chi connectivity index (χ3v) is 5.55. The van der Waals surface area contributed by atoms with E-state index >= 15 is 0 Å². The van der Waals surface area contributed by atoms with E-state index in [0.717, 1.165) is 55.1 Å². The summed E-state index contributed by atoms with van der Waals surface area (Å²) < 4.78 is 10.9. The number of fused-ring (bicyclic) bond motifs is 1. The van der Waals surface area contributed by atoms with E-state index in [9.17, 15) is 4.79 Å². The molecule has 2 aliphatic rings. The Balaban J connectivity index is 1.49. The quantitative estimate of drug-likeness (QED) is 0.695. The van der Waals surface area contributed by atoms with Gasteiger partial charge >= 0.3 is 0 Å². The largest absolute Gasteiger partial charge is 0.378 e. The molecule has 2 aromatic heterocycles. The molecular formula is C23H24N4O3. The number of H-pyrrole nitrogens is 1. The van der Waals surface area contributed by atoms with Crippen LogP contribution in [0.3, 0.4) is 0 Å². The molecule has 1 fully saturated rings. The second-order valence-electron chi connectivity index (χ2n) is 7.45. The average Bonchev–Trinajstić information content (AvgIpc) is 2.81. The number of hydrogen-bond donors (Lipinski definition) is 2. The molecule has 3 aromatic rings. The zero-order valence-electron chi connectivity index (χ0n) is 16.7. The predicted molar refractivity (Wildman–Crippen MR) is 119 cm³/mol. The Bertz CT molecular complexity index is 1130. The lowest BCUT2D eigenvalue weighted by Gasteiger charge is -2.29. The van der Waals surface area contributed by atoms with E-state index in [-0.39, 0.29) is 5.56 Å². The van der Waals surface area contributed by atoms with Crippen molar-refractivity contribution in [2.45, 2.75) is 6.42 Å². The van der Waals surface area contributed by atoms with Crippen LogP contribution in [-0.4, -0.2) is 49.5 Å². The van der Waals surface area contributed by atoms with Gasteiger partial charge in [0, 0.05) is 30.7 Å². The number of pyridine rings is 2. The molecule has 30 heavy (non-hydrogen) atoms. The molecule has 0 amide bonds. The number of hydrogen-bond acceptors (Lipinski definition) is 6. The minimum Gasteiger partial charge on any atom is -0.378 e. The molecule has 0 bridgehead atoms. The molecule has 2 N–H and O–H groups in total. The number of aromatic amines is 1. The summed E-state index contributed by atoms with van der Waals surface area (Å²) in [6.07, 6.45) is 4.55. The van der Waals surface area contributed by atoms with Crippen LogP contribution in [0.2, 0.25) is 0 Å². The van der Waals surface area contributed by atoms with Gasteiger partial charge in [-0.15, -0.1) is 0 Å². The first kappa shape index (κ1) is 18.8. The number of benzene rings is 1. The lowest BCUT2D eigenvalue weighted by molar-refractivity contribution is 0.122. The van der Waals surface area contributed by atoms with Gasteiger partial charge in [-0.05, 0) is 53.8 Å². The molecule has 0 saturated carbocycles. The van der Waals surface area contributed by atoms with Crippen LogP contribution in [0.25, 0.3) is 16.3 Å².